The minimum absolute atomic E-state index is 0.0606. The average molecular weight is 196 g/mol. The van der Waals surface area contributed by atoms with E-state index in [9.17, 15) is 9.90 Å². The van der Waals surface area contributed by atoms with Crippen LogP contribution >= 0.6 is 11.6 Å². The summed E-state index contributed by atoms with van der Waals surface area (Å²) in [7, 11) is 0. The van der Waals surface area contributed by atoms with Crippen molar-refractivity contribution in [2.75, 3.05) is 0 Å². The van der Waals surface area contributed by atoms with Gasteiger partial charge in [-0.05, 0) is 18.2 Å². The largest absolute Gasteiger partial charge is 0.507 e. The summed E-state index contributed by atoms with van der Waals surface area (Å²) in [4.78, 5) is 13.8. The maximum Gasteiger partial charge on any atom is 0.257 e. The van der Waals surface area contributed by atoms with E-state index >= 15 is 0 Å². The van der Waals surface area contributed by atoms with Gasteiger partial charge in [-0.3, -0.25) is 4.79 Å². The second-order valence-electron chi connectivity index (χ2n) is 2.66. The standard InChI is InChI=1S/C9H6ClNO2/c10-6-1-2-7(12)5-3-4-11-9(13)8(5)6/h1-4,12H,(H,11,13). The van der Waals surface area contributed by atoms with Crippen LogP contribution < -0.4 is 5.56 Å². The summed E-state index contributed by atoms with van der Waals surface area (Å²) < 4.78 is 0. The fourth-order valence-electron chi connectivity index (χ4n) is 1.25. The van der Waals surface area contributed by atoms with Crippen molar-refractivity contribution in [2.45, 2.75) is 0 Å². The van der Waals surface area contributed by atoms with E-state index in [1.165, 1.54) is 18.3 Å². The zero-order valence-electron chi connectivity index (χ0n) is 6.54. The monoisotopic (exact) mass is 195 g/mol. The Morgan fingerprint density at radius 1 is 1.31 bits per heavy atom. The zero-order chi connectivity index (χ0) is 9.42. The number of fused-ring (bicyclic) bond motifs is 1. The number of hydrogen-bond acceptors (Lipinski definition) is 2. The van der Waals surface area contributed by atoms with Crippen LogP contribution in [0.2, 0.25) is 5.02 Å². The van der Waals surface area contributed by atoms with Gasteiger partial charge >= 0.3 is 0 Å². The molecule has 0 spiro atoms. The molecule has 0 unspecified atom stereocenters. The third-order valence-electron chi connectivity index (χ3n) is 1.86. The average Bonchev–Trinajstić information content (AvgIpc) is 2.12. The number of aromatic nitrogens is 1. The second-order valence-corrected chi connectivity index (χ2v) is 3.07. The van der Waals surface area contributed by atoms with E-state index < -0.39 is 0 Å². The Bertz CT molecular complexity index is 518. The predicted octanol–water partition coefficient (Wildman–Crippen LogP) is 1.89. The molecule has 0 radical (unpaired) electrons. The summed E-state index contributed by atoms with van der Waals surface area (Å²) in [5.41, 5.74) is -0.293. The van der Waals surface area contributed by atoms with Crippen LogP contribution in [0.5, 0.6) is 5.75 Å². The first kappa shape index (κ1) is 8.13. The van der Waals surface area contributed by atoms with E-state index in [1.54, 1.807) is 6.07 Å². The number of aromatic hydroxyl groups is 1. The van der Waals surface area contributed by atoms with Gasteiger partial charge in [-0.2, -0.15) is 0 Å². The lowest BCUT2D eigenvalue weighted by Crippen LogP contribution is -2.04. The molecule has 1 aromatic heterocycles. The van der Waals surface area contributed by atoms with Gasteiger partial charge in [0.1, 0.15) is 5.75 Å². The highest BCUT2D eigenvalue weighted by Crippen LogP contribution is 2.27. The van der Waals surface area contributed by atoms with Crippen molar-refractivity contribution in [3.05, 3.63) is 39.8 Å². The minimum atomic E-state index is -0.293. The van der Waals surface area contributed by atoms with Crippen LogP contribution in [0.15, 0.2) is 29.2 Å². The maximum absolute atomic E-state index is 11.3. The van der Waals surface area contributed by atoms with E-state index in [0.29, 0.717) is 15.8 Å². The van der Waals surface area contributed by atoms with E-state index in [2.05, 4.69) is 4.98 Å². The summed E-state index contributed by atoms with van der Waals surface area (Å²) in [6.45, 7) is 0. The lowest BCUT2D eigenvalue weighted by atomic mass is 10.1. The van der Waals surface area contributed by atoms with Gasteiger partial charge in [0, 0.05) is 11.6 Å². The number of aromatic amines is 1. The number of H-pyrrole nitrogens is 1. The number of hydrogen-bond donors (Lipinski definition) is 2. The molecule has 1 heterocycles. The number of nitrogens with one attached hydrogen (secondary N) is 1. The molecule has 1 aromatic carbocycles. The Kier molecular flexibility index (Phi) is 1.74. The van der Waals surface area contributed by atoms with E-state index in [4.69, 9.17) is 11.6 Å². The molecule has 66 valence electrons. The van der Waals surface area contributed by atoms with Crippen LogP contribution in [0.1, 0.15) is 0 Å². The summed E-state index contributed by atoms with van der Waals surface area (Å²) in [6.07, 6.45) is 1.47. The molecule has 0 bridgehead atoms. The van der Waals surface area contributed by atoms with E-state index in [-0.39, 0.29) is 11.3 Å². The molecule has 0 saturated heterocycles. The highest BCUT2D eigenvalue weighted by Gasteiger charge is 2.05. The van der Waals surface area contributed by atoms with Crippen molar-refractivity contribution < 1.29 is 5.11 Å². The fraction of sp³-hybridized carbons (Fsp3) is 0. The summed E-state index contributed by atoms with van der Waals surface area (Å²) in [6, 6.07) is 4.57. The smallest absolute Gasteiger partial charge is 0.257 e. The van der Waals surface area contributed by atoms with Crippen LogP contribution in [0.4, 0.5) is 0 Å². The zero-order valence-corrected chi connectivity index (χ0v) is 7.30. The van der Waals surface area contributed by atoms with Crippen LogP contribution in [0.3, 0.4) is 0 Å². The topological polar surface area (TPSA) is 53.1 Å². The third kappa shape index (κ3) is 1.17. The van der Waals surface area contributed by atoms with Crippen LogP contribution in [0.25, 0.3) is 10.8 Å². The predicted molar refractivity (Wildman–Crippen MR) is 51.2 cm³/mol. The molecule has 0 amide bonds. The number of benzene rings is 1. The maximum atomic E-state index is 11.3. The highest BCUT2D eigenvalue weighted by atomic mass is 35.5. The molecule has 0 aliphatic rings. The number of pyridine rings is 1. The SMILES string of the molecule is O=c1[nH]ccc2c(O)ccc(Cl)c12. The molecular weight excluding hydrogens is 190 g/mol. The van der Waals surface area contributed by atoms with Gasteiger partial charge in [-0.15, -0.1) is 0 Å². The molecule has 0 aliphatic heterocycles. The first-order chi connectivity index (χ1) is 6.20. The lowest BCUT2D eigenvalue weighted by Gasteiger charge is -2.00. The molecule has 2 aromatic rings. The third-order valence-corrected chi connectivity index (χ3v) is 2.18. The molecule has 0 aliphatic carbocycles. The Labute approximate surface area is 78.6 Å². The molecule has 0 atom stereocenters. The van der Waals surface area contributed by atoms with Crippen molar-refractivity contribution in [3.63, 3.8) is 0 Å². The number of phenolic OH excluding ortho intramolecular Hbond substituents is 1. The molecule has 4 heteroatoms. The molecule has 3 nitrogen and oxygen atoms in total. The first-order valence-corrected chi connectivity index (χ1v) is 4.07. The van der Waals surface area contributed by atoms with Gasteiger partial charge in [0.2, 0.25) is 0 Å². The quantitative estimate of drug-likeness (QED) is 0.675. The molecule has 2 N–H and O–H groups in total. The molecule has 0 saturated carbocycles. The van der Waals surface area contributed by atoms with Crippen molar-refractivity contribution in [3.8, 4) is 5.75 Å². The molecular formula is C9H6ClNO2. The van der Waals surface area contributed by atoms with Gasteiger partial charge in [0.15, 0.2) is 0 Å². The normalized spacial score (nSPS) is 10.5. The van der Waals surface area contributed by atoms with Crippen LogP contribution in [0, 0.1) is 0 Å². The van der Waals surface area contributed by atoms with Crippen molar-refractivity contribution in [2.24, 2.45) is 0 Å². The van der Waals surface area contributed by atoms with Gasteiger partial charge in [0.25, 0.3) is 5.56 Å². The Balaban J connectivity index is 3.09. The van der Waals surface area contributed by atoms with E-state index in [1.807, 2.05) is 0 Å². The summed E-state index contributed by atoms with van der Waals surface area (Å²) in [5.74, 6) is 0.0606. The molecule has 2 rings (SSSR count). The van der Waals surface area contributed by atoms with Crippen molar-refractivity contribution in [1.29, 1.82) is 0 Å². The lowest BCUT2D eigenvalue weighted by molar-refractivity contribution is 0.481. The Morgan fingerprint density at radius 2 is 2.08 bits per heavy atom. The molecule has 13 heavy (non-hydrogen) atoms. The van der Waals surface area contributed by atoms with Crippen molar-refractivity contribution in [1.82, 2.24) is 4.98 Å². The number of rotatable bonds is 0. The number of phenols is 1. The fourth-order valence-corrected chi connectivity index (χ4v) is 1.50. The van der Waals surface area contributed by atoms with Crippen molar-refractivity contribution >= 4 is 22.4 Å². The van der Waals surface area contributed by atoms with Gasteiger partial charge in [0.05, 0.1) is 10.4 Å². The summed E-state index contributed by atoms with van der Waals surface area (Å²) in [5, 5.41) is 10.5. The summed E-state index contributed by atoms with van der Waals surface area (Å²) >= 11 is 5.80. The minimum Gasteiger partial charge on any atom is -0.507 e. The van der Waals surface area contributed by atoms with Gasteiger partial charge < -0.3 is 10.1 Å². The van der Waals surface area contributed by atoms with Gasteiger partial charge in [-0.1, -0.05) is 11.6 Å². The second kappa shape index (κ2) is 2.78. The Hall–Kier alpha value is -1.48. The number of halogens is 1. The Morgan fingerprint density at radius 3 is 2.77 bits per heavy atom. The van der Waals surface area contributed by atoms with Crippen LogP contribution in [-0.4, -0.2) is 10.1 Å². The van der Waals surface area contributed by atoms with Gasteiger partial charge in [-0.25, -0.2) is 0 Å². The molecule has 0 fully saturated rings. The first-order valence-electron chi connectivity index (χ1n) is 3.69. The van der Waals surface area contributed by atoms with Crippen LogP contribution in [-0.2, 0) is 0 Å². The van der Waals surface area contributed by atoms with E-state index in [0.717, 1.165) is 0 Å². The highest BCUT2D eigenvalue weighted by molar-refractivity contribution is 6.35.